The van der Waals surface area contributed by atoms with E-state index in [1.807, 2.05) is 0 Å². The molecule has 1 N–H and O–H groups in total. The number of carbonyl (C=O) groups excluding carboxylic acids is 2. The van der Waals surface area contributed by atoms with Crippen molar-refractivity contribution in [2.45, 2.75) is 13.3 Å². The summed E-state index contributed by atoms with van der Waals surface area (Å²) < 4.78 is 27.3. The molecule has 0 radical (unpaired) electrons. The first-order valence-electron chi connectivity index (χ1n) is 8.14. The molecule has 0 aliphatic rings. The third kappa shape index (κ3) is 4.23. The quantitative estimate of drug-likeness (QED) is 0.680. The molecule has 2 aromatic heterocycles. The van der Waals surface area contributed by atoms with Gasteiger partial charge in [0, 0.05) is 25.0 Å². The zero-order valence-electron chi connectivity index (χ0n) is 15.2. The first kappa shape index (κ1) is 20.0. The molecular weight excluding hydrogens is 406 g/mol. The second kappa shape index (κ2) is 8.11. The Morgan fingerprint density at radius 3 is 2.50 bits per heavy atom. The molecule has 2 amide bonds. The van der Waals surface area contributed by atoms with Gasteiger partial charge < -0.3 is 10.2 Å². The van der Waals surface area contributed by atoms with Crippen molar-refractivity contribution in [3.63, 3.8) is 0 Å². The summed E-state index contributed by atoms with van der Waals surface area (Å²) in [5.74, 6) is -2.31. The number of anilines is 1. The molecule has 10 heteroatoms. The predicted octanol–water partition coefficient (Wildman–Crippen LogP) is 3.74. The largest absolute Gasteiger partial charge is 0.343 e. The Labute approximate surface area is 167 Å². The molecule has 0 spiro atoms. The number of nitrogens with zero attached hydrogens (tertiary/aromatic N) is 3. The molecule has 28 heavy (non-hydrogen) atoms. The summed E-state index contributed by atoms with van der Waals surface area (Å²) in [6.07, 6.45) is -0.436. The molecule has 0 fully saturated rings. The fourth-order valence-corrected chi connectivity index (χ4v) is 4.22. The van der Waals surface area contributed by atoms with E-state index in [0.717, 1.165) is 17.0 Å². The maximum absolute atomic E-state index is 13.7. The molecule has 0 atom stereocenters. The van der Waals surface area contributed by atoms with Crippen LogP contribution < -0.4 is 5.32 Å². The Hall–Kier alpha value is -2.72. The summed E-state index contributed by atoms with van der Waals surface area (Å²) in [5, 5.41) is 4.92. The van der Waals surface area contributed by atoms with Crippen LogP contribution in [0.3, 0.4) is 0 Å². The average molecular weight is 422 g/mol. The van der Waals surface area contributed by atoms with Crippen LogP contribution in [0.1, 0.15) is 21.1 Å². The summed E-state index contributed by atoms with van der Waals surface area (Å²) in [6.45, 7) is 1.77. The fourth-order valence-electron chi connectivity index (χ4n) is 2.38. The third-order valence-electron chi connectivity index (χ3n) is 3.77. The molecule has 0 saturated carbocycles. The van der Waals surface area contributed by atoms with Crippen molar-refractivity contribution in [3.8, 4) is 10.6 Å². The summed E-state index contributed by atoms with van der Waals surface area (Å²) in [4.78, 5) is 35.0. The van der Waals surface area contributed by atoms with E-state index in [0.29, 0.717) is 21.5 Å². The molecule has 0 aliphatic carbocycles. The molecule has 2 heterocycles. The van der Waals surface area contributed by atoms with E-state index in [-0.39, 0.29) is 11.5 Å². The third-order valence-corrected chi connectivity index (χ3v) is 5.69. The molecule has 0 bridgehead atoms. The lowest BCUT2D eigenvalue weighted by molar-refractivity contribution is -0.115. The first-order chi connectivity index (χ1) is 13.3. The van der Waals surface area contributed by atoms with E-state index in [1.165, 1.54) is 33.6 Å². The van der Waals surface area contributed by atoms with Crippen LogP contribution in [0.2, 0.25) is 0 Å². The van der Waals surface area contributed by atoms with Crippen molar-refractivity contribution in [1.29, 1.82) is 0 Å². The molecule has 146 valence electrons. The lowest BCUT2D eigenvalue weighted by Crippen LogP contribution is -2.21. The zero-order valence-corrected chi connectivity index (χ0v) is 16.9. The molecule has 3 rings (SSSR count). The summed E-state index contributed by atoms with van der Waals surface area (Å²) in [6, 6.07) is 3.45. The highest BCUT2D eigenvalue weighted by molar-refractivity contribution is 7.18. The Bertz CT molecular complexity index is 1030. The maximum atomic E-state index is 13.7. The second-order valence-electron chi connectivity index (χ2n) is 6.10. The van der Waals surface area contributed by atoms with Crippen LogP contribution in [-0.2, 0) is 11.2 Å². The zero-order chi connectivity index (χ0) is 20.4. The van der Waals surface area contributed by atoms with Crippen molar-refractivity contribution in [1.82, 2.24) is 14.9 Å². The van der Waals surface area contributed by atoms with Gasteiger partial charge in [0.2, 0.25) is 5.91 Å². The number of aryl methyl sites for hydroxylation is 1. The smallest absolute Gasteiger partial charge is 0.282 e. The van der Waals surface area contributed by atoms with Gasteiger partial charge >= 0.3 is 0 Å². The first-order valence-corrected chi connectivity index (χ1v) is 9.83. The van der Waals surface area contributed by atoms with Crippen LogP contribution in [0.25, 0.3) is 10.6 Å². The summed E-state index contributed by atoms with van der Waals surface area (Å²) in [7, 11) is 3.29. The number of nitrogens with one attached hydrogen (secondary N) is 1. The van der Waals surface area contributed by atoms with Gasteiger partial charge in [-0.05, 0) is 19.1 Å². The van der Waals surface area contributed by atoms with Gasteiger partial charge in [-0.3, -0.25) is 9.59 Å². The topological polar surface area (TPSA) is 75.2 Å². The highest BCUT2D eigenvalue weighted by Crippen LogP contribution is 2.32. The van der Waals surface area contributed by atoms with Crippen molar-refractivity contribution in [3.05, 3.63) is 51.5 Å². The molecule has 3 aromatic rings. The Morgan fingerprint density at radius 2 is 1.86 bits per heavy atom. The van der Waals surface area contributed by atoms with E-state index in [9.17, 15) is 18.4 Å². The number of thiazole rings is 2. The number of benzene rings is 1. The van der Waals surface area contributed by atoms with Gasteiger partial charge in [0.1, 0.15) is 11.6 Å². The molecule has 0 saturated heterocycles. The Kier molecular flexibility index (Phi) is 5.80. The minimum absolute atomic E-state index is 0.199. The monoisotopic (exact) mass is 422 g/mol. The van der Waals surface area contributed by atoms with E-state index in [2.05, 4.69) is 15.3 Å². The van der Waals surface area contributed by atoms with Gasteiger partial charge in [-0.1, -0.05) is 6.07 Å². The Balaban J connectivity index is 1.74. The van der Waals surface area contributed by atoms with Crippen molar-refractivity contribution < 1.29 is 18.4 Å². The normalized spacial score (nSPS) is 10.8. The predicted molar refractivity (Wildman–Crippen MR) is 105 cm³/mol. The van der Waals surface area contributed by atoms with Crippen molar-refractivity contribution in [2.24, 2.45) is 0 Å². The Morgan fingerprint density at radius 1 is 1.18 bits per heavy atom. The lowest BCUT2D eigenvalue weighted by Gasteiger charge is -2.05. The minimum atomic E-state index is -0.770. The van der Waals surface area contributed by atoms with Crippen molar-refractivity contribution in [2.75, 3.05) is 19.4 Å². The molecule has 0 unspecified atom stereocenters. The van der Waals surface area contributed by atoms with Gasteiger partial charge in [-0.25, -0.2) is 18.7 Å². The van der Waals surface area contributed by atoms with Gasteiger partial charge in [-0.2, -0.15) is 0 Å². The number of hydrogen-bond acceptors (Lipinski definition) is 6. The highest BCUT2D eigenvalue weighted by atomic mass is 32.1. The van der Waals surface area contributed by atoms with E-state index in [1.54, 1.807) is 26.4 Å². The lowest BCUT2D eigenvalue weighted by atomic mass is 10.1. The SMILES string of the molecule is Cc1nc(C(=O)N(C)C)sc1-c1csc(NC(=O)Cc2c(F)cccc2F)n1. The standard InChI is InChI=1S/C18H16F2N4O2S2/c1-9-15(28-16(21-9)17(26)24(2)3)13-8-27-18(22-13)23-14(25)7-10-11(19)5-4-6-12(10)20/h4-6,8H,7H2,1-3H3,(H,22,23,25). The second-order valence-corrected chi connectivity index (χ2v) is 7.95. The van der Waals surface area contributed by atoms with Gasteiger partial charge in [0.15, 0.2) is 10.1 Å². The summed E-state index contributed by atoms with van der Waals surface area (Å²) in [5.41, 5.74) is 0.943. The van der Waals surface area contributed by atoms with E-state index in [4.69, 9.17) is 0 Å². The maximum Gasteiger partial charge on any atom is 0.282 e. The van der Waals surface area contributed by atoms with Crippen molar-refractivity contribution >= 4 is 39.6 Å². The number of halogens is 2. The average Bonchev–Trinajstić information content (AvgIpc) is 3.24. The van der Waals surface area contributed by atoms with Crippen LogP contribution in [0, 0.1) is 18.6 Å². The number of hydrogen-bond donors (Lipinski definition) is 1. The number of rotatable bonds is 5. The molecule has 6 nitrogen and oxygen atoms in total. The molecule has 1 aromatic carbocycles. The summed E-state index contributed by atoms with van der Waals surface area (Å²) >= 11 is 2.40. The van der Waals surface area contributed by atoms with Crippen LogP contribution >= 0.6 is 22.7 Å². The van der Waals surface area contributed by atoms with Crippen LogP contribution in [0.5, 0.6) is 0 Å². The number of amides is 2. The van der Waals surface area contributed by atoms with Gasteiger partial charge in [0.25, 0.3) is 5.91 Å². The van der Waals surface area contributed by atoms with Gasteiger partial charge in [-0.15, -0.1) is 22.7 Å². The minimum Gasteiger partial charge on any atom is -0.343 e. The van der Waals surface area contributed by atoms with E-state index < -0.39 is 24.0 Å². The van der Waals surface area contributed by atoms with E-state index >= 15 is 0 Å². The fraction of sp³-hybridized carbons (Fsp3) is 0.222. The van der Waals surface area contributed by atoms with Gasteiger partial charge in [0.05, 0.1) is 22.7 Å². The highest BCUT2D eigenvalue weighted by Gasteiger charge is 2.19. The number of carbonyl (C=O) groups is 2. The van der Waals surface area contributed by atoms with Crippen LogP contribution in [0.4, 0.5) is 13.9 Å². The van der Waals surface area contributed by atoms with Crippen LogP contribution in [0.15, 0.2) is 23.6 Å². The van der Waals surface area contributed by atoms with Crippen LogP contribution in [-0.4, -0.2) is 40.8 Å². The molecular formula is C18H16F2N4O2S2. The molecule has 0 aliphatic heterocycles. The number of aromatic nitrogens is 2.